The third kappa shape index (κ3) is 2.00. The van der Waals surface area contributed by atoms with E-state index >= 15 is 0 Å². The molecule has 0 saturated heterocycles. The first-order valence-corrected chi connectivity index (χ1v) is 4.79. The number of carbonyl (C=O) groups excluding carboxylic acids is 1. The highest BCUT2D eigenvalue weighted by molar-refractivity contribution is 5.88. The molecule has 1 aromatic carbocycles. The van der Waals surface area contributed by atoms with Crippen LogP contribution in [0.15, 0.2) is 30.6 Å². The van der Waals surface area contributed by atoms with Gasteiger partial charge in [0.05, 0.1) is 13.5 Å². The van der Waals surface area contributed by atoms with E-state index in [0.29, 0.717) is 10.9 Å². The van der Waals surface area contributed by atoms with Crippen molar-refractivity contribution in [3.8, 4) is 0 Å². The maximum atomic E-state index is 13.3. The van der Waals surface area contributed by atoms with Gasteiger partial charge >= 0.3 is 5.97 Å². The summed E-state index contributed by atoms with van der Waals surface area (Å²) in [6.07, 6.45) is 3.25. The van der Waals surface area contributed by atoms with E-state index in [-0.39, 0.29) is 18.2 Å². The Labute approximate surface area is 91.9 Å². The average molecular weight is 219 g/mol. The predicted octanol–water partition coefficient (Wildman–Crippen LogP) is 2.09. The lowest BCUT2D eigenvalue weighted by molar-refractivity contribution is -0.139. The van der Waals surface area contributed by atoms with Gasteiger partial charge in [-0.2, -0.15) is 0 Å². The maximum Gasteiger partial charge on any atom is 0.310 e. The number of nitrogens with zero attached hydrogens (tertiary/aromatic N) is 1. The van der Waals surface area contributed by atoms with Crippen molar-refractivity contribution >= 4 is 16.7 Å². The molecule has 2 rings (SSSR count). The van der Waals surface area contributed by atoms with Gasteiger partial charge in [-0.05, 0) is 29.1 Å². The third-order valence-corrected chi connectivity index (χ3v) is 2.37. The van der Waals surface area contributed by atoms with E-state index in [1.165, 1.54) is 19.2 Å². The number of benzene rings is 1. The monoisotopic (exact) mass is 219 g/mol. The fraction of sp³-hybridized carbons (Fsp3) is 0.167. The van der Waals surface area contributed by atoms with Gasteiger partial charge in [-0.15, -0.1) is 0 Å². The minimum atomic E-state index is -0.385. The van der Waals surface area contributed by atoms with Crippen LogP contribution in [-0.4, -0.2) is 18.1 Å². The van der Waals surface area contributed by atoms with E-state index in [1.54, 1.807) is 18.5 Å². The fourth-order valence-electron chi connectivity index (χ4n) is 1.62. The molecule has 0 bridgehead atoms. The number of carbonyl (C=O) groups is 1. The average Bonchev–Trinajstić information content (AvgIpc) is 2.28. The van der Waals surface area contributed by atoms with Crippen LogP contribution in [0.1, 0.15) is 5.56 Å². The van der Waals surface area contributed by atoms with Crippen molar-refractivity contribution in [2.45, 2.75) is 6.42 Å². The molecule has 0 aliphatic carbocycles. The van der Waals surface area contributed by atoms with E-state index < -0.39 is 0 Å². The molecule has 82 valence electrons. The quantitative estimate of drug-likeness (QED) is 0.726. The molecule has 0 unspecified atom stereocenters. The Hall–Kier alpha value is -1.97. The smallest absolute Gasteiger partial charge is 0.310 e. The number of aromatic nitrogens is 1. The maximum absolute atomic E-state index is 13.3. The van der Waals surface area contributed by atoms with Crippen LogP contribution in [-0.2, 0) is 16.0 Å². The lowest BCUT2D eigenvalue weighted by Gasteiger charge is -2.05. The number of esters is 1. The summed E-state index contributed by atoms with van der Waals surface area (Å²) in [6.45, 7) is 0. The molecule has 16 heavy (non-hydrogen) atoms. The Morgan fingerprint density at radius 3 is 3.06 bits per heavy atom. The first-order chi connectivity index (χ1) is 7.70. The van der Waals surface area contributed by atoms with Crippen molar-refractivity contribution in [1.82, 2.24) is 4.98 Å². The molecule has 3 nitrogen and oxygen atoms in total. The van der Waals surface area contributed by atoms with Gasteiger partial charge in [-0.1, -0.05) is 0 Å². The van der Waals surface area contributed by atoms with Gasteiger partial charge in [0.2, 0.25) is 0 Å². The summed E-state index contributed by atoms with van der Waals surface area (Å²) >= 11 is 0. The second kappa shape index (κ2) is 4.26. The molecule has 0 atom stereocenters. The van der Waals surface area contributed by atoms with E-state index in [9.17, 15) is 9.18 Å². The Bertz CT molecular complexity index is 540. The van der Waals surface area contributed by atoms with Crippen LogP contribution in [0.2, 0.25) is 0 Å². The number of methoxy groups -OCH3 is 1. The Kier molecular flexibility index (Phi) is 2.81. The Morgan fingerprint density at radius 1 is 1.50 bits per heavy atom. The number of ether oxygens (including phenoxy) is 1. The number of fused-ring (bicyclic) bond motifs is 1. The van der Waals surface area contributed by atoms with E-state index in [4.69, 9.17) is 0 Å². The molecule has 0 saturated carbocycles. The van der Waals surface area contributed by atoms with Crippen molar-refractivity contribution in [3.63, 3.8) is 0 Å². The minimum Gasteiger partial charge on any atom is -0.469 e. The molecule has 0 fully saturated rings. The van der Waals surface area contributed by atoms with E-state index in [1.807, 2.05) is 0 Å². The number of hydrogen-bond donors (Lipinski definition) is 0. The van der Waals surface area contributed by atoms with E-state index in [0.717, 1.165) is 5.39 Å². The first-order valence-electron chi connectivity index (χ1n) is 4.79. The van der Waals surface area contributed by atoms with Crippen LogP contribution in [0, 0.1) is 5.82 Å². The standard InChI is InChI=1S/C12H10FNO2/c1-16-12(15)6-8-4-10(13)5-9-7-14-3-2-11(8)9/h2-5,7H,6H2,1H3. The Balaban J connectivity index is 2.54. The molecule has 0 amide bonds. The number of hydrogen-bond acceptors (Lipinski definition) is 3. The molecule has 0 aliphatic rings. The minimum absolute atomic E-state index is 0.0643. The number of pyridine rings is 1. The summed E-state index contributed by atoms with van der Waals surface area (Å²) in [5.41, 5.74) is 0.615. The second-order valence-electron chi connectivity index (χ2n) is 3.41. The van der Waals surface area contributed by atoms with Gasteiger partial charge in [0.1, 0.15) is 5.82 Å². The molecule has 1 heterocycles. The highest BCUT2D eigenvalue weighted by Gasteiger charge is 2.08. The molecule has 4 heteroatoms. The van der Waals surface area contributed by atoms with Gasteiger partial charge in [0.25, 0.3) is 0 Å². The molecule has 0 radical (unpaired) electrons. The van der Waals surface area contributed by atoms with Crippen LogP contribution in [0.5, 0.6) is 0 Å². The zero-order valence-electron chi connectivity index (χ0n) is 8.74. The SMILES string of the molecule is COC(=O)Cc1cc(F)cc2cnccc12. The summed E-state index contributed by atoms with van der Waals surface area (Å²) in [6, 6.07) is 4.50. The molecular weight excluding hydrogens is 209 g/mol. The normalized spacial score (nSPS) is 10.4. The molecular formula is C12H10FNO2. The van der Waals surface area contributed by atoms with Gasteiger partial charge in [0, 0.05) is 17.8 Å². The van der Waals surface area contributed by atoms with Crippen LogP contribution in [0.3, 0.4) is 0 Å². The van der Waals surface area contributed by atoms with E-state index in [2.05, 4.69) is 9.72 Å². The van der Waals surface area contributed by atoms with Crippen molar-refractivity contribution in [3.05, 3.63) is 42.0 Å². The topological polar surface area (TPSA) is 39.2 Å². The van der Waals surface area contributed by atoms with Gasteiger partial charge in [0.15, 0.2) is 0 Å². The third-order valence-electron chi connectivity index (χ3n) is 2.37. The largest absolute Gasteiger partial charge is 0.469 e. The fourth-order valence-corrected chi connectivity index (χ4v) is 1.62. The zero-order valence-corrected chi connectivity index (χ0v) is 8.74. The summed E-state index contributed by atoms with van der Waals surface area (Å²) < 4.78 is 17.8. The summed E-state index contributed by atoms with van der Waals surface area (Å²) in [5, 5.41) is 1.50. The van der Waals surface area contributed by atoms with Crippen LogP contribution < -0.4 is 0 Å². The molecule has 0 spiro atoms. The van der Waals surface area contributed by atoms with Gasteiger partial charge in [-0.25, -0.2) is 4.39 Å². The van der Waals surface area contributed by atoms with Crippen molar-refractivity contribution in [2.24, 2.45) is 0 Å². The van der Waals surface area contributed by atoms with Gasteiger partial charge in [-0.3, -0.25) is 9.78 Å². The first kappa shape index (κ1) is 10.5. The molecule has 0 aliphatic heterocycles. The van der Waals surface area contributed by atoms with Crippen LogP contribution in [0.4, 0.5) is 4.39 Å². The highest BCUT2D eigenvalue weighted by atomic mass is 19.1. The Morgan fingerprint density at radius 2 is 2.31 bits per heavy atom. The predicted molar refractivity (Wildman–Crippen MR) is 57.4 cm³/mol. The zero-order chi connectivity index (χ0) is 11.5. The summed E-state index contributed by atoms with van der Waals surface area (Å²) in [7, 11) is 1.31. The lowest BCUT2D eigenvalue weighted by atomic mass is 10.0. The second-order valence-corrected chi connectivity index (χ2v) is 3.41. The van der Waals surface area contributed by atoms with Gasteiger partial charge < -0.3 is 4.74 Å². The number of rotatable bonds is 2. The summed E-state index contributed by atoms with van der Waals surface area (Å²) in [4.78, 5) is 15.1. The van der Waals surface area contributed by atoms with Crippen molar-refractivity contribution in [1.29, 1.82) is 0 Å². The van der Waals surface area contributed by atoms with Crippen molar-refractivity contribution < 1.29 is 13.9 Å². The summed E-state index contributed by atoms with van der Waals surface area (Å²) in [5.74, 6) is -0.761. The molecule has 1 aromatic heterocycles. The number of halogens is 1. The lowest BCUT2D eigenvalue weighted by Crippen LogP contribution is -2.05. The van der Waals surface area contributed by atoms with Crippen LogP contribution >= 0.6 is 0 Å². The van der Waals surface area contributed by atoms with Crippen molar-refractivity contribution in [2.75, 3.05) is 7.11 Å². The highest BCUT2D eigenvalue weighted by Crippen LogP contribution is 2.20. The molecule has 2 aromatic rings. The van der Waals surface area contributed by atoms with Crippen LogP contribution in [0.25, 0.3) is 10.8 Å². The molecule has 0 N–H and O–H groups in total.